The van der Waals surface area contributed by atoms with E-state index in [1.807, 2.05) is 18.2 Å². The van der Waals surface area contributed by atoms with Gasteiger partial charge in [0.15, 0.2) is 0 Å². The lowest BCUT2D eigenvalue weighted by Gasteiger charge is -2.13. The van der Waals surface area contributed by atoms with Crippen molar-refractivity contribution in [2.75, 3.05) is 19.8 Å². The molecule has 0 fully saturated rings. The second-order valence-corrected chi connectivity index (χ2v) is 6.55. The van der Waals surface area contributed by atoms with Gasteiger partial charge in [-0.05, 0) is 51.7 Å². The third-order valence-corrected chi connectivity index (χ3v) is 3.77. The van der Waals surface area contributed by atoms with E-state index < -0.39 is 12.0 Å². The smallest absolute Gasteiger partial charge is 0.341 e. The molecule has 31 heavy (non-hydrogen) atoms. The number of cyclic esters (lactones) is 1. The van der Waals surface area contributed by atoms with E-state index in [4.69, 9.17) is 9.57 Å². The number of nitroso groups, excluding NO2 is 1. The molecule has 1 unspecified atom stereocenters. The number of ether oxygens (including phenoxy) is 1. The van der Waals surface area contributed by atoms with E-state index in [1.54, 1.807) is 19.9 Å². The van der Waals surface area contributed by atoms with Gasteiger partial charge in [-0.25, -0.2) is 4.79 Å². The van der Waals surface area contributed by atoms with E-state index in [1.165, 1.54) is 13.0 Å². The molecule has 0 amide bonds. The van der Waals surface area contributed by atoms with Crippen LogP contribution in [0.25, 0.3) is 0 Å². The van der Waals surface area contributed by atoms with Crippen LogP contribution in [0, 0.1) is 17.3 Å². The van der Waals surface area contributed by atoms with Gasteiger partial charge in [0.1, 0.15) is 24.0 Å². The highest BCUT2D eigenvalue weighted by molar-refractivity contribution is 6.01. The SMILES string of the molecule is C#CC.C/C(O)=C1/C(=O)OCC/C=C/CC/C=C/C(=N/OCC(C)N=O)C/C1=C/CO. The summed E-state index contributed by atoms with van der Waals surface area (Å²) >= 11 is 0. The highest BCUT2D eigenvalue weighted by atomic mass is 16.6. The Balaban J connectivity index is 0.00000282. The number of rotatable bonds is 5. The molecule has 0 aromatic rings. The van der Waals surface area contributed by atoms with Crippen LogP contribution >= 0.6 is 0 Å². The second-order valence-electron chi connectivity index (χ2n) is 6.55. The van der Waals surface area contributed by atoms with Gasteiger partial charge in [0.25, 0.3) is 0 Å². The molecule has 0 aromatic heterocycles. The summed E-state index contributed by atoms with van der Waals surface area (Å²) in [6.45, 7) is 4.52. The molecule has 0 saturated heterocycles. The van der Waals surface area contributed by atoms with Crippen molar-refractivity contribution in [1.29, 1.82) is 0 Å². The van der Waals surface area contributed by atoms with Gasteiger partial charge in [0, 0.05) is 6.42 Å². The first kappa shape index (κ1) is 27.8. The Morgan fingerprint density at radius 3 is 2.61 bits per heavy atom. The summed E-state index contributed by atoms with van der Waals surface area (Å²) in [6.07, 6.45) is 15.9. The summed E-state index contributed by atoms with van der Waals surface area (Å²) in [7, 11) is 0. The largest absolute Gasteiger partial charge is 0.512 e. The standard InChI is InChI=1S/C20H28N2O6.C3H4/c1-15(21-26)14-28-22-18-9-7-5-3-4-6-8-12-27-20(25)19(16(2)24)17(13-18)10-11-23;1-3-2/h4,6-7,9-10,15,23-24H,3,5,8,11-14H2,1-2H3;1H,2H3/b6-4+,9-7+,17-10-,19-16-,22-18-;. The summed E-state index contributed by atoms with van der Waals surface area (Å²) in [5, 5.41) is 26.3. The van der Waals surface area contributed by atoms with Crippen molar-refractivity contribution in [2.45, 2.75) is 52.5 Å². The number of carbonyl (C=O) groups is 1. The molecule has 0 aliphatic carbocycles. The van der Waals surface area contributed by atoms with Gasteiger partial charge < -0.3 is 19.8 Å². The van der Waals surface area contributed by atoms with Crippen LogP contribution in [0.3, 0.4) is 0 Å². The average Bonchev–Trinajstić information content (AvgIpc) is 2.72. The fraction of sp³-hybridized carbons (Fsp3) is 0.478. The maximum Gasteiger partial charge on any atom is 0.341 e. The van der Waals surface area contributed by atoms with E-state index in [9.17, 15) is 19.9 Å². The number of terminal acetylenes is 1. The maximum absolute atomic E-state index is 12.4. The maximum atomic E-state index is 12.4. The summed E-state index contributed by atoms with van der Waals surface area (Å²) in [5.41, 5.74) is 0.818. The number of esters is 1. The molecule has 1 aliphatic rings. The second kappa shape index (κ2) is 17.7. The Hall–Kier alpha value is -3.18. The molecule has 8 heteroatoms. The molecule has 0 aromatic carbocycles. The first-order chi connectivity index (χ1) is 14.9. The third-order valence-electron chi connectivity index (χ3n) is 3.77. The average molecular weight is 433 g/mol. The van der Waals surface area contributed by atoms with Crippen molar-refractivity contribution in [3.63, 3.8) is 0 Å². The Kier molecular flexibility index (Phi) is 15.8. The first-order valence-electron chi connectivity index (χ1n) is 9.98. The van der Waals surface area contributed by atoms with E-state index in [0.29, 0.717) is 17.7 Å². The Morgan fingerprint density at radius 1 is 1.35 bits per heavy atom. The summed E-state index contributed by atoms with van der Waals surface area (Å²) in [4.78, 5) is 28.1. The molecule has 0 bridgehead atoms. The first-order valence-corrected chi connectivity index (χ1v) is 9.98. The summed E-state index contributed by atoms with van der Waals surface area (Å²) in [6, 6.07) is -0.547. The molecule has 1 atom stereocenters. The van der Waals surface area contributed by atoms with Crippen molar-refractivity contribution in [3.05, 3.63) is 52.2 Å². The molecule has 170 valence electrons. The lowest BCUT2D eigenvalue weighted by atomic mass is 9.98. The minimum Gasteiger partial charge on any atom is -0.512 e. The van der Waals surface area contributed by atoms with Crippen LogP contribution < -0.4 is 0 Å². The zero-order chi connectivity index (χ0) is 23.5. The molecular weight excluding hydrogens is 400 g/mol. The van der Waals surface area contributed by atoms with Crippen molar-refractivity contribution < 1.29 is 24.6 Å². The zero-order valence-electron chi connectivity index (χ0n) is 18.4. The number of nitrogens with zero attached hydrogens (tertiary/aromatic N) is 2. The number of hydrogen-bond acceptors (Lipinski definition) is 8. The molecule has 1 rings (SSSR count). The lowest BCUT2D eigenvalue weighted by Crippen LogP contribution is -2.15. The van der Waals surface area contributed by atoms with Gasteiger partial charge in [-0.3, -0.25) is 0 Å². The number of hydrogen-bond donors (Lipinski definition) is 2. The number of aliphatic hydroxyl groups is 2. The van der Waals surface area contributed by atoms with Gasteiger partial charge >= 0.3 is 5.97 Å². The lowest BCUT2D eigenvalue weighted by molar-refractivity contribution is -0.138. The van der Waals surface area contributed by atoms with Gasteiger partial charge in [-0.1, -0.05) is 34.6 Å². The van der Waals surface area contributed by atoms with E-state index in [0.717, 1.165) is 12.8 Å². The van der Waals surface area contributed by atoms with Gasteiger partial charge in [-0.15, -0.1) is 12.3 Å². The Labute approximate surface area is 184 Å². The minimum absolute atomic E-state index is 0.0147. The zero-order valence-corrected chi connectivity index (χ0v) is 18.4. The fourth-order valence-electron chi connectivity index (χ4n) is 2.40. The quantitative estimate of drug-likeness (QED) is 0.128. The number of aliphatic hydroxyl groups excluding tert-OH is 2. The highest BCUT2D eigenvalue weighted by Crippen LogP contribution is 2.21. The van der Waals surface area contributed by atoms with Crippen LogP contribution in [0.15, 0.2) is 57.6 Å². The molecule has 2 N–H and O–H groups in total. The molecule has 1 aliphatic heterocycles. The molecule has 8 nitrogen and oxygen atoms in total. The topological polar surface area (TPSA) is 118 Å². The molecule has 0 saturated carbocycles. The van der Waals surface area contributed by atoms with Crippen LogP contribution in [0.2, 0.25) is 0 Å². The van der Waals surface area contributed by atoms with Crippen LogP contribution in [0.1, 0.15) is 46.5 Å². The van der Waals surface area contributed by atoms with Crippen molar-refractivity contribution in [3.8, 4) is 12.3 Å². The predicted octanol–water partition coefficient (Wildman–Crippen LogP) is 4.13. The van der Waals surface area contributed by atoms with Crippen molar-refractivity contribution >= 4 is 11.7 Å². The number of allylic oxidation sites excluding steroid dienone is 4. The van der Waals surface area contributed by atoms with Gasteiger partial charge in [0.05, 0.1) is 18.9 Å². The third kappa shape index (κ3) is 12.9. The van der Waals surface area contributed by atoms with E-state index in [-0.39, 0.29) is 37.6 Å². The normalized spacial score (nSPS) is 22.6. The van der Waals surface area contributed by atoms with E-state index in [2.05, 4.69) is 22.7 Å². The van der Waals surface area contributed by atoms with Gasteiger partial charge in [0.2, 0.25) is 0 Å². The molecule has 0 radical (unpaired) electrons. The monoisotopic (exact) mass is 432 g/mol. The Bertz CT molecular complexity index is 753. The Morgan fingerprint density at radius 2 is 2.00 bits per heavy atom. The van der Waals surface area contributed by atoms with Crippen LogP contribution in [-0.2, 0) is 14.4 Å². The van der Waals surface area contributed by atoms with Crippen molar-refractivity contribution in [1.82, 2.24) is 0 Å². The van der Waals surface area contributed by atoms with Gasteiger partial charge in [-0.2, -0.15) is 4.91 Å². The van der Waals surface area contributed by atoms with Crippen LogP contribution in [0.5, 0.6) is 0 Å². The highest BCUT2D eigenvalue weighted by Gasteiger charge is 2.21. The predicted molar refractivity (Wildman–Crippen MR) is 121 cm³/mol. The molecular formula is C23H32N2O6. The fourth-order valence-corrected chi connectivity index (χ4v) is 2.40. The van der Waals surface area contributed by atoms with Crippen LogP contribution in [0.4, 0.5) is 0 Å². The summed E-state index contributed by atoms with van der Waals surface area (Å²) < 4.78 is 5.23. The molecule has 1 heterocycles. The van der Waals surface area contributed by atoms with Crippen LogP contribution in [-0.4, -0.2) is 47.8 Å². The van der Waals surface area contributed by atoms with Crippen molar-refractivity contribution in [2.24, 2.45) is 10.3 Å². The molecule has 0 spiro atoms. The number of carbonyl (C=O) groups excluding carboxylic acids is 1. The summed E-state index contributed by atoms with van der Waals surface area (Å²) in [5.74, 6) is 1.36. The minimum atomic E-state index is -0.673. The number of oxime groups is 1. The van der Waals surface area contributed by atoms with E-state index >= 15 is 0 Å².